The summed E-state index contributed by atoms with van der Waals surface area (Å²) in [7, 11) is -2.93. The molecule has 6 bridgehead atoms. The molecule has 4 saturated carbocycles. The van der Waals surface area contributed by atoms with E-state index < -0.39 is 15.4 Å². The largest absolute Gasteiger partial charge is 0.389 e. The van der Waals surface area contributed by atoms with Crippen molar-refractivity contribution in [3.05, 3.63) is 0 Å². The first-order chi connectivity index (χ1) is 9.90. The number of fused-ring (bicyclic) bond motifs is 2. The van der Waals surface area contributed by atoms with Gasteiger partial charge in [-0.15, -0.1) is 0 Å². The van der Waals surface area contributed by atoms with Crippen LogP contribution in [0.3, 0.4) is 0 Å². The Labute approximate surface area is 127 Å². The van der Waals surface area contributed by atoms with Crippen LogP contribution >= 0.6 is 0 Å². The highest BCUT2D eigenvalue weighted by Gasteiger charge is 2.64. The van der Waals surface area contributed by atoms with E-state index in [2.05, 4.69) is 0 Å². The van der Waals surface area contributed by atoms with Crippen LogP contribution in [0.4, 0.5) is 0 Å². The molecule has 118 valence electrons. The number of hydrogen-bond acceptors (Lipinski definition) is 3. The molecule has 2 heterocycles. The van der Waals surface area contributed by atoms with Crippen LogP contribution in [-0.2, 0) is 9.84 Å². The van der Waals surface area contributed by atoms with Crippen LogP contribution in [0.2, 0.25) is 0 Å². The van der Waals surface area contributed by atoms with E-state index in [0.717, 1.165) is 30.6 Å². The minimum atomic E-state index is -2.93. The van der Waals surface area contributed by atoms with Crippen LogP contribution in [-0.4, -0.2) is 29.6 Å². The maximum Gasteiger partial charge on any atom is 0.156 e. The van der Waals surface area contributed by atoms with Gasteiger partial charge in [0.2, 0.25) is 0 Å². The molecule has 1 N–H and O–H groups in total. The van der Waals surface area contributed by atoms with Crippen LogP contribution in [0.15, 0.2) is 0 Å². The van der Waals surface area contributed by atoms with Crippen molar-refractivity contribution < 1.29 is 13.5 Å². The standard InChI is InChI=1S/C17H26O3S/c18-17(9-14-1-2-15(10-17)21(14,19)20)16-6-11-3-12(7-16)5-13(4-11)8-16/h11-15,18H,1-10H2. The average Bonchev–Trinajstić information content (AvgIpc) is 2.58. The van der Waals surface area contributed by atoms with Gasteiger partial charge in [0.1, 0.15) is 0 Å². The maximum absolute atomic E-state index is 12.4. The van der Waals surface area contributed by atoms with Gasteiger partial charge in [0.25, 0.3) is 0 Å². The van der Waals surface area contributed by atoms with E-state index in [-0.39, 0.29) is 15.9 Å². The number of aliphatic hydroxyl groups is 1. The minimum absolute atomic E-state index is 0.0680. The highest BCUT2D eigenvalue weighted by Crippen LogP contribution is 2.66. The number of sulfone groups is 1. The summed E-state index contributed by atoms with van der Waals surface area (Å²) >= 11 is 0. The first-order valence-electron chi connectivity index (χ1n) is 8.85. The maximum atomic E-state index is 12.4. The molecular weight excluding hydrogens is 284 g/mol. The molecule has 6 aliphatic rings. The molecule has 2 atom stereocenters. The Morgan fingerprint density at radius 2 is 1.19 bits per heavy atom. The topological polar surface area (TPSA) is 54.4 Å². The van der Waals surface area contributed by atoms with Crippen LogP contribution < -0.4 is 0 Å². The molecule has 0 radical (unpaired) electrons. The molecule has 0 amide bonds. The minimum Gasteiger partial charge on any atom is -0.389 e. The van der Waals surface area contributed by atoms with Crippen LogP contribution in [0.5, 0.6) is 0 Å². The quantitative estimate of drug-likeness (QED) is 0.810. The Balaban J connectivity index is 1.53. The molecule has 0 aromatic heterocycles. The zero-order valence-corrected chi connectivity index (χ0v) is 13.4. The summed E-state index contributed by atoms with van der Waals surface area (Å²) in [5.74, 6) is 2.45. The van der Waals surface area contributed by atoms with Crippen molar-refractivity contribution >= 4 is 9.84 Å². The second-order valence-electron chi connectivity index (χ2n) is 9.05. The average molecular weight is 310 g/mol. The summed E-state index contributed by atoms with van der Waals surface area (Å²) in [5.41, 5.74) is -0.612. The van der Waals surface area contributed by atoms with Gasteiger partial charge in [-0.25, -0.2) is 8.42 Å². The van der Waals surface area contributed by atoms with Crippen molar-refractivity contribution in [3.63, 3.8) is 0 Å². The number of rotatable bonds is 1. The van der Waals surface area contributed by atoms with E-state index in [1.165, 1.54) is 38.5 Å². The first-order valence-corrected chi connectivity index (χ1v) is 10.5. The summed E-state index contributed by atoms with van der Waals surface area (Å²) in [5, 5.41) is 11.1. The lowest BCUT2D eigenvalue weighted by molar-refractivity contribution is -0.185. The van der Waals surface area contributed by atoms with Crippen LogP contribution in [0, 0.1) is 23.2 Å². The normalized spacial score (nSPS) is 60.3. The van der Waals surface area contributed by atoms with Crippen molar-refractivity contribution in [2.24, 2.45) is 23.2 Å². The lowest BCUT2D eigenvalue weighted by Crippen LogP contribution is -2.62. The zero-order valence-electron chi connectivity index (χ0n) is 12.6. The highest BCUT2D eigenvalue weighted by atomic mass is 32.2. The van der Waals surface area contributed by atoms with Gasteiger partial charge in [-0.3, -0.25) is 0 Å². The summed E-state index contributed by atoms with van der Waals surface area (Å²) in [6.07, 6.45) is 10.3. The lowest BCUT2D eigenvalue weighted by Gasteiger charge is -2.63. The highest BCUT2D eigenvalue weighted by molar-refractivity contribution is 7.93. The van der Waals surface area contributed by atoms with Crippen molar-refractivity contribution in [2.45, 2.75) is 80.3 Å². The molecule has 21 heavy (non-hydrogen) atoms. The molecule has 0 aromatic carbocycles. The lowest BCUT2D eigenvalue weighted by atomic mass is 9.44. The molecule has 0 aromatic rings. The zero-order chi connectivity index (χ0) is 14.5. The van der Waals surface area contributed by atoms with Crippen molar-refractivity contribution in [3.8, 4) is 0 Å². The molecule has 6 rings (SSSR count). The van der Waals surface area contributed by atoms with E-state index in [1.54, 1.807) is 0 Å². The summed E-state index contributed by atoms with van der Waals surface area (Å²) in [6, 6.07) is 0. The van der Waals surface area contributed by atoms with Gasteiger partial charge in [0.15, 0.2) is 9.84 Å². The molecule has 2 saturated heterocycles. The fourth-order valence-corrected chi connectivity index (χ4v) is 9.85. The molecule has 4 aliphatic carbocycles. The molecule has 3 nitrogen and oxygen atoms in total. The fourth-order valence-electron chi connectivity index (χ4n) is 7.36. The van der Waals surface area contributed by atoms with Crippen molar-refractivity contribution in [2.75, 3.05) is 0 Å². The van der Waals surface area contributed by atoms with E-state index in [9.17, 15) is 13.5 Å². The summed E-state index contributed by atoms with van der Waals surface area (Å²) < 4.78 is 24.8. The summed E-state index contributed by atoms with van der Waals surface area (Å²) in [6.45, 7) is 0. The SMILES string of the molecule is O=S1(=O)C2CCC1CC(O)(C13CC4CC(CC(C4)C1)C3)C2. The van der Waals surface area contributed by atoms with E-state index in [0.29, 0.717) is 12.8 Å². The van der Waals surface area contributed by atoms with Gasteiger partial charge in [0, 0.05) is 5.41 Å². The predicted molar refractivity (Wildman–Crippen MR) is 80.5 cm³/mol. The Hall–Kier alpha value is -0.0900. The Morgan fingerprint density at radius 3 is 1.62 bits per heavy atom. The van der Waals surface area contributed by atoms with E-state index in [4.69, 9.17) is 0 Å². The second-order valence-corrected chi connectivity index (χ2v) is 11.6. The van der Waals surface area contributed by atoms with Gasteiger partial charge in [-0.1, -0.05) is 0 Å². The number of hydrogen-bond donors (Lipinski definition) is 1. The Kier molecular flexibility index (Phi) is 2.46. The van der Waals surface area contributed by atoms with Crippen LogP contribution in [0.1, 0.15) is 64.2 Å². The summed E-state index contributed by atoms with van der Waals surface area (Å²) in [4.78, 5) is 0. The van der Waals surface area contributed by atoms with Gasteiger partial charge >= 0.3 is 0 Å². The Bertz CT molecular complexity index is 524. The molecule has 2 unspecified atom stereocenters. The van der Waals surface area contributed by atoms with E-state index in [1.807, 2.05) is 0 Å². The monoisotopic (exact) mass is 310 g/mol. The third kappa shape index (κ3) is 1.61. The second kappa shape index (κ2) is 3.87. The predicted octanol–water partition coefficient (Wildman–Crippen LogP) is 2.67. The molecule has 0 spiro atoms. The van der Waals surface area contributed by atoms with Crippen molar-refractivity contribution in [1.29, 1.82) is 0 Å². The van der Waals surface area contributed by atoms with Gasteiger partial charge in [-0.05, 0) is 82.0 Å². The fraction of sp³-hybridized carbons (Fsp3) is 1.00. The van der Waals surface area contributed by atoms with Crippen molar-refractivity contribution in [1.82, 2.24) is 0 Å². The van der Waals surface area contributed by atoms with Gasteiger partial charge in [0.05, 0.1) is 16.1 Å². The Morgan fingerprint density at radius 1 is 0.762 bits per heavy atom. The first kappa shape index (κ1) is 13.4. The smallest absolute Gasteiger partial charge is 0.156 e. The molecular formula is C17H26O3S. The molecule has 4 heteroatoms. The van der Waals surface area contributed by atoms with E-state index >= 15 is 0 Å². The molecule has 6 fully saturated rings. The van der Waals surface area contributed by atoms with Crippen LogP contribution in [0.25, 0.3) is 0 Å². The van der Waals surface area contributed by atoms with Gasteiger partial charge < -0.3 is 5.11 Å². The van der Waals surface area contributed by atoms with Gasteiger partial charge in [-0.2, -0.15) is 0 Å². The molecule has 2 aliphatic heterocycles. The third-order valence-electron chi connectivity index (χ3n) is 7.90. The third-order valence-corrected chi connectivity index (χ3v) is 10.6.